The van der Waals surface area contributed by atoms with E-state index in [2.05, 4.69) is 12.1 Å². The van der Waals surface area contributed by atoms with Crippen LogP contribution in [-0.2, 0) is 15.0 Å². The van der Waals surface area contributed by atoms with Gasteiger partial charge in [-0.15, -0.1) is 45.3 Å². The molecule has 2 aromatic carbocycles. The fourth-order valence-corrected chi connectivity index (χ4v) is 17.1. The zero-order valence-corrected chi connectivity index (χ0v) is 32.7. The molecule has 5 atom stereocenters. The molecule has 270 valence electrons. The topological polar surface area (TPSA) is 96.2 Å². The summed E-state index contributed by atoms with van der Waals surface area (Å²) in [6.45, 7) is 0. The van der Waals surface area contributed by atoms with Gasteiger partial charge in [-0.2, -0.15) is 0 Å². The number of ketones is 3. The first kappa shape index (κ1) is 32.6. The van der Waals surface area contributed by atoms with Crippen LogP contribution in [-0.4, -0.2) is 33.9 Å². The monoisotopic (exact) mass is 784 g/mol. The number of aliphatic hydroxyl groups excluding tert-OH is 1. The minimum atomic E-state index is -1.05. The summed E-state index contributed by atoms with van der Waals surface area (Å²) < 4.78 is 7.51. The molecule has 6 aliphatic carbocycles. The van der Waals surface area contributed by atoms with Crippen LogP contribution < -0.4 is 0 Å². The zero-order chi connectivity index (χ0) is 36.0. The molecule has 12 rings (SSSR count). The van der Waals surface area contributed by atoms with Crippen LogP contribution in [0, 0.1) is 23.7 Å². The molecule has 10 heteroatoms. The predicted octanol–water partition coefficient (Wildman–Crippen LogP) is 11.5. The second-order valence-corrected chi connectivity index (χ2v) is 20.7. The van der Waals surface area contributed by atoms with Crippen molar-refractivity contribution in [2.24, 2.45) is 33.7 Å². The molecule has 6 aromatic rings. The van der Waals surface area contributed by atoms with Crippen LogP contribution in [0.15, 0.2) is 58.1 Å². The smallest absolute Gasteiger partial charge is 0.210 e. The number of nitrogens with zero attached hydrogens (tertiary/aromatic N) is 2. The van der Waals surface area contributed by atoms with E-state index >= 15 is 0 Å². The summed E-state index contributed by atoms with van der Waals surface area (Å²) >= 11 is 7.06. The van der Waals surface area contributed by atoms with Gasteiger partial charge in [0.2, 0.25) is 5.78 Å². The van der Waals surface area contributed by atoms with Gasteiger partial charge in [0.25, 0.3) is 0 Å². The van der Waals surface area contributed by atoms with Gasteiger partial charge in [-0.25, -0.2) is 9.98 Å². The molecule has 4 saturated carbocycles. The third-order valence-corrected chi connectivity index (χ3v) is 19.0. The zero-order valence-electron chi connectivity index (χ0n) is 29.5. The third kappa shape index (κ3) is 4.43. The second-order valence-electron chi connectivity index (χ2n) is 16.5. The molecule has 0 radical (unpaired) electrons. The highest BCUT2D eigenvalue weighted by Crippen LogP contribution is 2.61. The van der Waals surface area contributed by atoms with E-state index in [9.17, 15) is 19.5 Å². The van der Waals surface area contributed by atoms with Gasteiger partial charge in [0, 0.05) is 38.0 Å². The van der Waals surface area contributed by atoms with Crippen molar-refractivity contribution >= 4 is 124 Å². The van der Waals surface area contributed by atoms with Crippen molar-refractivity contribution < 1.29 is 19.5 Å². The standard InChI is InChI=1S/C44H36N2O4S4/c47-35-24-14-20-8-2-3-9-21(20)15-25(24)36(48)33(35)45-30-18-28-32(44(30)12-6-1-7-13-44)40-42(51-28)43-41(54-40)39-29(52-43)19-31(53-39)46-34-37(49)26-16-22-10-4-5-11-23(22)17-27(26)38(34)50/h4-5,10-11,16-21,24-25,37,49H,1-3,6-9,12-15H2. The van der Waals surface area contributed by atoms with Crippen molar-refractivity contribution in [3.8, 4) is 0 Å². The summed E-state index contributed by atoms with van der Waals surface area (Å²) in [6, 6.07) is 13.7. The molecule has 0 saturated heterocycles. The first-order valence-electron chi connectivity index (χ1n) is 19.5. The Bertz CT molecular complexity index is 2750. The molecular weight excluding hydrogens is 749 g/mol. The number of allylic oxidation sites excluding steroid dienone is 1. The number of carbonyl (C=O) groups is 3. The Labute approximate surface area is 327 Å². The quantitative estimate of drug-likeness (QED) is 0.189. The van der Waals surface area contributed by atoms with E-state index in [0.717, 1.165) is 64.7 Å². The molecule has 54 heavy (non-hydrogen) atoms. The second kappa shape index (κ2) is 11.7. The van der Waals surface area contributed by atoms with E-state index in [1.54, 1.807) is 22.7 Å². The Balaban J connectivity index is 0.910. The summed E-state index contributed by atoms with van der Waals surface area (Å²) in [6.07, 6.45) is 13.2. The fraction of sp³-hybridized carbons (Fsp3) is 0.386. The molecule has 1 N–H and O–H groups in total. The molecule has 0 aliphatic heterocycles. The number of aliphatic imine (C=N–C) groups is 2. The van der Waals surface area contributed by atoms with Crippen molar-refractivity contribution in [1.29, 1.82) is 0 Å². The Morgan fingerprint density at radius 1 is 0.704 bits per heavy atom. The summed E-state index contributed by atoms with van der Waals surface area (Å²) in [5, 5.41) is 14.0. The molecule has 0 bridgehead atoms. The van der Waals surface area contributed by atoms with Crippen molar-refractivity contribution in [3.63, 3.8) is 0 Å². The molecule has 4 heterocycles. The Hall–Kier alpha value is -3.67. The number of Topliss-reactive ketones (excluding diaryl/α,β-unsaturated/α-hetero) is 3. The molecule has 0 amide bonds. The van der Waals surface area contributed by atoms with Crippen LogP contribution in [0.4, 0.5) is 5.00 Å². The lowest BCUT2D eigenvalue weighted by Crippen LogP contribution is -2.35. The summed E-state index contributed by atoms with van der Waals surface area (Å²) in [5.74, 6) is 0.667. The van der Waals surface area contributed by atoms with E-state index in [0.29, 0.717) is 23.0 Å². The molecular formula is C44H36N2O4S4. The highest BCUT2D eigenvalue weighted by molar-refractivity contribution is 7.45. The lowest BCUT2D eigenvalue weighted by atomic mass is 9.64. The number of fused-ring (bicyclic) bond motifs is 12. The van der Waals surface area contributed by atoms with E-state index in [1.165, 1.54) is 66.0 Å². The molecule has 4 aromatic heterocycles. The normalized spacial score (nSPS) is 28.2. The highest BCUT2D eigenvalue weighted by atomic mass is 32.1. The van der Waals surface area contributed by atoms with E-state index in [4.69, 9.17) is 9.98 Å². The van der Waals surface area contributed by atoms with Gasteiger partial charge >= 0.3 is 0 Å². The van der Waals surface area contributed by atoms with Gasteiger partial charge in [0.1, 0.15) is 22.5 Å². The maximum Gasteiger partial charge on any atom is 0.210 e. The van der Waals surface area contributed by atoms with Crippen LogP contribution in [0.1, 0.15) is 103 Å². The molecule has 6 nitrogen and oxygen atoms in total. The fourth-order valence-electron chi connectivity index (χ4n) is 11.2. The number of hydrogen-bond donors (Lipinski definition) is 1. The predicted molar refractivity (Wildman–Crippen MR) is 223 cm³/mol. The number of benzene rings is 2. The van der Waals surface area contributed by atoms with Gasteiger partial charge in [0.15, 0.2) is 11.6 Å². The Morgan fingerprint density at radius 3 is 2.13 bits per heavy atom. The molecule has 4 fully saturated rings. The van der Waals surface area contributed by atoms with Gasteiger partial charge in [-0.3, -0.25) is 14.4 Å². The van der Waals surface area contributed by atoms with E-state index < -0.39 is 6.10 Å². The summed E-state index contributed by atoms with van der Waals surface area (Å²) in [4.78, 5) is 52.6. The van der Waals surface area contributed by atoms with Crippen molar-refractivity contribution in [2.45, 2.75) is 82.1 Å². The number of aliphatic hydroxyl groups is 1. The van der Waals surface area contributed by atoms with Crippen LogP contribution in [0.5, 0.6) is 0 Å². The van der Waals surface area contributed by atoms with Gasteiger partial charge in [-0.1, -0.05) is 69.2 Å². The minimum absolute atomic E-state index is 0.0153. The molecule has 1 spiro atoms. The van der Waals surface area contributed by atoms with E-state index in [1.807, 2.05) is 59.1 Å². The largest absolute Gasteiger partial charge is 0.382 e. The van der Waals surface area contributed by atoms with Crippen LogP contribution in [0.2, 0.25) is 0 Å². The third-order valence-electron chi connectivity index (χ3n) is 13.8. The first-order chi connectivity index (χ1) is 26.4. The Morgan fingerprint density at radius 2 is 1.39 bits per heavy atom. The number of thiophene rings is 4. The summed E-state index contributed by atoms with van der Waals surface area (Å²) in [5.41, 5.74) is 3.63. The number of rotatable bonds is 2. The lowest BCUT2D eigenvalue weighted by Gasteiger charge is -2.39. The number of carbonyl (C=O) groups excluding carboxylic acids is 3. The van der Waals surface area contributed by atoms with Crippen LogP contribution in [0.3, 0.4) is 0 Å². The maximum atomic E-state index is 14.0. The average Bonchev–Trinajstić information content (AvgIpc) is 4.03. The average molecular weight is 785 g/mol. The lowest BCUT2D eigenvalue weighted by molar-refractivity contribution is -0.123. The van der Waals surface area contributed by atoms with Crippen LogP contribution >= 0.6 is 45.3 Å². The van der Waals surface area contributed by atoms with Crippen molar-refractivity contribution in [1.82, 2.24) is 0 Å². The Kier molecular flexibility index (Phi) is 7.04. The maximum absolute atomic E-state index is 14.0. The van der Waals surface area contributed by atoms with E-state index in [-0.39, 0.29) is 46.0 Å². The minimum Gasteiger partial charge on any atom is -0.382 e. The van der Waals surface area contributed by atoms with Crippen molar-refractivity contribution in [2.75, 3.05) is 0 Å². The van der Waals surface area contributed by atoms with Gasteiger partial charge in [0.05, 0.1) is 29.2 Å². The van der Waals surface area contributed by atoms with Gasteiger partial charge < -0.3 is 5.11 Å². The van der Waals surface area contributed by atoms with Crippen LogP contribution in [0.25, 0.3) is 45.0 Å². The highest BCUT2D eigenvalue weighted by Gasteiger charge is 2.53. The van der Waals surface area contributed by atoms with Crippen molar-refractivity contribution in [3.05, 3.63) is 69.7 Å². The van der Waals surface area contributed by atoms with Gasteiger partial charge in [-0.05, 0) is 78.1 Å². The first-order valence-corrected chi connectivity index (χ1v) is 22.8. The summed E-state index contributed by atoms with van der Waals surface area (Å²) in [7, 11) is 0. The SMILES string of the molecule is O=C1C(=Nc2cc3sc4c5sc6c(c5sc4c3s2)C2(CCCCC2)C(N=C2C(=O)C3CC4CCCCC4CC3C2=O)=C6)C(O)c2cc3ccccc3cc21. The number of hydrogen-bond acceptors (Lipinski definition) is 10. The molecule has 6 aliphatic rings. The molecule has 5 unspecified atom stereocenters.